The van der Waals surface area contributed by atoms with E-state index in [0.29, 0.717) is 13.2 Å². The van der Waals surface area contributed by atoms with Crippen LogP contribution in [0.2, 0.25) is 0 Å². The summed E-state index contributed by atoms with van der Waals surface area (Å²) in [5.41, 5.74) is 0.621. The summed E-state index contributed by atoms with van der Waals surface area (Å²) in [6.45, 7) is 1.19. The predicted molar refractivity (Wildman–Crippen MR) is 56.9 cm³/mol. The van der Waals surface area contributed by atoms with Crippen LogP contribution in [0.1, 0.15) is 12.0 Å². The van der Waals surface area contributed by atoms with Crippen molar-refractivity contribution >= 4 is 15.9 Å². The molecule has 1 aromatic rings. The Labute approximate surface area is 91.6 Å². The second-order valence-electron chi connectivity index (χ2n) is 3.51. The molecule has 2 nitrogen and oxygen atoms in total. The Morgan fingerprint density at radius 1 is 1.50 bits per heavy atom. The van der Waals surface area contributed by atoms with Gasteiger partial charge in [0.25, 0.3) is 0 Å². The lowest BCUT2D eigenvalue weighted by Gasteiger charge is -2.18. The summed E-state index contributed by atoms with van der Waals surface area (Å²) in [6.07, 6.45) is 0.792. The quantitative estimate of drug-likeness (QED) is 0.769. The highest BCUT2D eigenvalue weighted by atomic mass is 79.9. The van der Waals surface area contributed by atoms with E-state index in [1.807, 2.05) is 24.3 Å². The zero-order valence-corrected chi connectivity index (χ0v) is 9.25. The number of nitrogens with zero attached hydrogens (tertiary/aromatic N) is 1. The SMILES string of the molecule is N#C[C@]1(c2cccc(Br)c2)CCOC1. The molecule has 14 heavy (non-hydrogen) atoms. The predicted octanol–water partition coefficient (Wildman–Crippen LogP) is 2.63. The van der Waals surface area contributed by atoms with Crippen molar-refractivity contribution < 1.29 is 4.74 Å². The summed E-state index contributed by atoms with van der Waals surface area (Å²) in [7, 11) is 0. The Kier molecular flexibility index (Phi) is 2.58. The van der Waals surface area contributed by atoms with Gasteiger partial charge in [0.15, 0.2) is 0 Å². The van der Waals surface area contributed by atoms with Crippen LogP contribution in [0.15, 0.2) is 28.7 Å². The third-order valence-corrected chi connectivity index (χ3v) is 3.11. The molecule has 0 saturated carbocycles. The highest BCUT2D eigenvalue weighted by Crippen LogP contribution is 2.33. The van der Waals surface area contributed by atoms with Gasteiger partial charge in [-0.3, -0.25) is 0 Å². The molecule has 0 bridgehead atoms. The number of ether oxygens (including phenoxy) is 1. The van der Waals surface area contributed by atoms with E-state index in [1.54, 1.807) is 0 Å². The van der Waals surface area contributed by atoms with Crippen molar-refractivity contribution in [2.24, 2.45) is 0 Å². The Morgan fingerprint density at radius 2 is 2.36 bits per heavy atom. The van der Waals surface area contributed by atoms with Crippen LogP contribution in [-0.4, -0.2) is 13.2 Å². The molecule has 0 radical (unpaired) electrons. The highest BCUT2D eigenvalue weighted by molar-refractivity contribution is 9.10. The molecule has 0 N–H and O–H groups in total. The van der Waals surface area contributed by atoms with Crippen LogP contribution in [0.4, 0.5) is 0 Å². The minimum Gasteiger partial charge on any atom is -0.379 e. The number of halogens is 1. The number of nitriles is 1. The number of rotatable bonds is 1. The molecule has 0 amide bonds. The molecule has 1 aliphatic heterocycles. The summed E-state index contributed by atoms with van der Waals surface area (Å²) < 4.78 is 6.32. The van der Waals surface area contributed by atoms with Crippen LogP contribution in [0.5, 0.6) is 0 Å². The lowest BCUT2D eigenvalue weighted by Crippen LogP contribution is -2.23. The van der Waals surface area contributed by atoms with Gasteiger partial charge in [-0.2, -0.15) is 5.26 Å². The molecule has 1 fully saturated rings. The van der Waals surface area contributed by atoms with Crippen LogP contribution in [0, 0.1) is 11.3 Å². The largest absolute Gasteiger partial charge is 0.379 e. The first-order chi connectivity index (χ1) is 6.77. The lowest BCUT2D eigenvalue weighted by molar-refractivity contribution is 0.186. The fraction of sp³-hybridized carbons (Fsp3) is 0.364. The second-order valence-corrected chi connectivity index (χ2v) is 4.42. The molecule has 1 aromatic carbocycles. The van der Waals surface area contributed by atoms with E-state index >= 15 is 0 Å². The van der Waals surface area contributed by atoms with Crippen molar-refractivity contribution in [3.05, 3.63) is 34.3 Å². The maximum atomic E-state index is 9.22. The Morgan fingerprint density at radius 3 is 2.93 bits per heavy atom. The van der Waals surface area contributed by atoms with E-state index in [0.717, 1.165) is 16.5 Å². The molecule has 1 atom stereocenters. The zero-order chi connectivity index (χ0) is 10.0. The van der Waals surface area contributed by atoms with Crippen molar-refractivity contribution in [3.8, 4) is 6.07 Å². The minimum absolute atomic E-state index is 0.427. The molecule has 0 aliphatic carbocycles. The minimum atomic E-state index is -0.427. The van der Waals surface area contributed by atoms with E-state index in [2.05, 4.69) is 22.0 Å². The molecular formula is C11H10BrNO. The Hall–Kier alpha value is -0.850. The number of hydrogen-bond acceptors (Lipinski definition) is 2. The molecule has 72 valence electrons. The van der Waals surface area contributed by atoms with Gasteiger partial charge in [-0.25, -0.2) is 0 Å². The summed E-state index contributed by atoms with van der Waals surface area (Å²) in [6, 6.07) is 10.3. The van der Waals surface area contributed by atoms with Crippen LogP contribution < -0.4 is 0 Å². The first-order valence-electron chi connectivity index (χ1n) is 4.52. The normalized spacial score (nSPS) is 26.0. The molecule has 0 aromatic heterocycles. The zero-order valence-electron chi connectivity index (χ0n) is 7.66. The molecule has 3 heteroatoms. The van der Waals surface area contributed by atoms with Crippen LogP contribution in [-0.2, 0) is 10.2 Å². The second kappa shape index (κ2) is 3.72. The topological polar surface area (TPSA) is 33.0 Å². The number of hydrogen-bond donors (Lipinski definition) is 0. The van der Waals surface area contributed by atoms with Crippen molar-refractivity contribution in [1.82, 2.24) is 0 Å². The molecule has 1 heterocycles. The van der Waals surface area contributed by atoms with Crippen molar-refractivity contribution in [1.29, 1.82) is 5.26 Å². The average Bonchev–Trinajstić information content (AvgIpc) is 2.67. The molecule has 2 rings (SSSR count). The summed E-state index contributed by atoms with van der Waals surface area (Å²) in [5, 5.41) is 9.22. The van der Waals surface area contributed by atoms with E-state index in [-0.39, 0.29) is 0 Å². The number of benzene rings is 1. The van der Waals surface area contributed by atoms with E-state index < -0.39 is 5.41 Å². The fourth-order valence-corrected chi connectivity index (χ4v) is 2.13. The monoisotopic (exact) mass is 251 g/mol. The van der Waals surface area contributed by atoms with Crippen molar-refractivity contribution in [2.45, 2.75) is 11.8 Å². The van der Waals surface area contributed by atoms with Gasteiger partial charge in [0, 0.05) is 11.1 Å². The highest BCUT2D eigenvalue weighted by Gasteiger charge is 2.36. The molecule has 1 aliphatic rings. The van der Waals surface area contributed by atoms with Crippen LogP contribution >= 0.6 is 15.9 Å². The van der Waals surface area contributed by atoms with Gasteiger partial charge in [0.05, 0.1) is 12.7 Å². The maximum Gasteiger partial charge on any atom is 0.108 e. The molecule has 0 unspecified atom stereocenters. The standard InChI is InChI=1S/C11H10BrNO/c12-10-3-1-2-9(6-10)11(7-13)4-5-14-8-11/h1-3,6H,4-5,8H2/t11-/m1/s1. The van der Waals surface area contributed by atoms with Gasteiger partial charge in [-0.05, 0) is 24.1 Å². The van der Waals surface area contributed by atoms with E-state index in [9.17, 15) is 5.26 Å². The Bertz CT molecular complexity index is 377. The van der Waals surface area contributed by atoms with Crippen LogP contribution in [0.3, 0.4) is 0 Å². The fourth-order valence-electron chi connectivity index (χ4n) is 1.73. The van der Waals surface area contributed by atoms with Gasteiger partial charge in [-0.1, -0.05) is 28.1 Å². The van der Waals surface area contributed by atoms with Crippen molar-refractivity contribution in [3.63, 3.8) is 0 Å². The van der Waals surface area contributed by atoms with Gasteiger partial charge < -0.3 is 4.74 Å². The van der Waals surface area contributed by atoms with Gasteiger partial charge in [0.2, 0.25) is 0 Å². The van der Waals surface area contributed by atoms with E-state index in [1.165, 1.54) is 0 Å². The molecule has 1 saturated heterocycles. The summed E-state index contributed by atoms with van der Waals surface area (Å²) in [4.78, 5) is 0. The average molecular weight is 252 g/mol. The smallest absolute Gasteiger partial charge is 0.108 e. The van der Waals surface area contributed by atoms with Crippen LogP contribution in [0.25, 0.3) is 0 Å². The Balaban J connectivity index is 2.42. The third kappa shape index (κ3) is 1.56. The van der Waals surface area contributed by atoms with Gasteiger partial charge >= 0.3 is 0 Å². The summed E-state index contributed by atoms with van der Waals surface area (Å²) in [5.74, 6) is 0. The van der Waals surface area contributed by atoms with E-state index in [4.69, 9.17) is 4.74 Å². The summed E-state index contributed by atoms with van der Waals surface area (Å²) >= 11 is 3.41. The lowest BCUT2D eigenvalue weighted by atomic mass is 9.81. The first kappa shape index (κ1) is 9.70. The third-order valence-electron chi connectivity index (χ3n) is 2.61. The van der Waals surface area contributed by atoms with Gasteiger partial charge in [-0.15, -0.1) is 0 Å². The first-order valence-corrected chi connectivity index (χ1v) is 5.31. The molecule has 0 spiro atoms. The maximum absolute atomic E-state index is 9.22. The van der Waals surface area contributed by atoms with Crippen molar-refractivity contribution in [2.75, 3.05) is 13.2 Å². The molecular weight excluding hydrogens is 242 g/mol. The van der Waals surface area contributed by atoms with Gasteiger partial charge in [0.1, 0.15) is 5.41 Å².